The molecule has 0 fully saturated rings. The zero-order valence-corrected chi connectivity index (χ0v) is 13.0. The zero-order valence-electron chi connectivity index (χ0n) is 13.0. The number of ether oxygens (including phenoxy) is 1. The molecule has 0 bridgehead atoms. The van der Waals surface area contributed by atoms with Gasteiger partial charge in [0.05, 0.1) is 5.69 Å². The second kappa shape index (κ2) is 6.01. The van der Waals surface area contributed by atoms with E-state index in [0.29, 0.717) is 11.4 Å². The molecule has 1 atom stereocenters. The summed E-state index contributed by atoms with van der Waals surface area (Å²) in [6.07, 6.45) is -0.560. The first-order valence-corrected chi connectivity index (χ1v) is 6.90. The number of carboxylic acids is 1. The fraction of sp³-hybridized carbons (Fsp3) is 0.312. The molecule has 0 aliphatic rings. The Balaban J connectivity index is 2.43. The van der Waals surface area contributed by atoms with Crippen molar-refractivity contribution in [3.63, 3.8) is 0 Å². The highest BCUT2D eigenvalue weighted by Gasteiger charge is 2.23. The number of aryl methyl sites for hydroxylation is 3. The third-order valence-electron chi connectivity index (χ3n) is 3.38. The van der Waals surface area contributed by atoms with Crippen LogP contribution in [0.3, 0.4) is 0 Å². The molecule has 0 aliphatic heterocycles. The normalized spacial score (nSPS) is 12.0. The molecule has 0 aliphatic carbocycles. The summed E-state index contributed by atoms with van der Waals surface area (Å²) >= 11 is 0. The third kappa shape index (κ3) is 3.16. The van der Waals surface area contributed by atoms with E-state index >= 15 is 0 Å². The highest BCUT2D eigenvalue weighted by Crippen LogP contribution is 2.27. The van der Waals surface area contributed by atoms with Crippen LogP contribution in [0.1, 0.15) is 45.9 Å². The second-order valence-corrected chi connectivity index (χ2v) is 5.26. The molecule has 0 saturated carbocycles. The molecule has 2 rings (SSSR count). The minimum Gasteiger partial charge on any atom is -0.484 e. The number of anilines is 1. The van der Waals surface area contributed by atoms with Gasteiger partial charge in [0.15, 0.2) is 0 Å². The van der Waals surface area contributed by atoms with Gasteiger partial charge in [-0.15, -0.1) is 0 Å². The summed E-state index contributed by atoms with van der Waals surface area (Å²) in [5.41, 5.74) is 8.30. The van der Waals surface area contributed by atoms with Crippen LogP contribution in [0.15, 0.2) is 18.2 Å². The first-order chi connectivity index (χ1) is 10.3. The predicted octanol–water partition coefficient (Wildman–Crippen LogP) is 2.82. The quantitative estimate of drug-likeness (QED) is 0.901. The van der Waals surface area contributed by atoms with E-state index in [0.717, 1.165) is 11.1 Å². The van der Waals surface area contributed by atoms with Crippen molar-refractivity contribution in [3.05, 3.63) is 46.3 Å². The maximum Gasteiger partial charge on any atom is 0.339 e. The van der Waals surface area contributed by atoms with E-state index < -0.39 is 12.1 Å². The van der Waals surface area contributed by atoms with Gasteiger partial charge in [0.2, 0.25) is 5.95 Å². The Labute approximate surface area is 129 Å². The number of nitrogens with zero attached hydrogens (tertiary/aromatic N) is 2. The number of benzene rings is 1. The number of hydrogen-bond donors (Lipinski definition) is 2. The topological polar surface area (TPSA) is 98.3 Å². The maximum absolute atomic E-state index is 11.5. The first-order valence-electron chi connectivity index (χ1n) is 6.90. The van der Waals surface area contributed by atoms with Gasteiger partial charge in [0.1, 0.15) is 23.1 Å². The van der Waals surface area contributed by atoms with Crippen LogP contribution in [0, 0.1) is 20.8 Å². The molecule has 0 amide bonds. The molecule has 22 heavy (non-hydrogen) atoms. The molecule has 1 aromatic carbocycles. The second-order valence-electron chi connectivity index (χ2n) is 5.26. The van der Waals surface area contributed by atoms with E-state index in [1.165, 1.54) is 0 Å². The molecule has 6 nitrogen and oxygen atoms in total. The molecule has 3 N–H and O–H groups in total. The summed E-state index contributed by atoms with van der Waals surface area (Å²) in [4.78, 5) is 19.4. The van der Waals surface area contributed by atoms with Gasteiger partial charge in [-0.2, -0.15) is 0 Å². The summed E-state index contributed by atoms with van der Waals surface area (Å²) in [7, 11) is 0. The van der Waals surface area contributed by atoms with Crippen LogP contribution in [-0.2, 0) is 0 Å². The summed E-state index contributed by atoms with van der Waals surface area (Å²) < 4.78 is 5.90. The lowest BCUT2D eigenvalue weighted by Crippen LogP contribution is -2.17. The molecule has 0 radical (unpaired) electrons. The van der Waals surface area contributed by atoms with Gasteiger partial charge in [-0.25, -0.2) is 14.8 Å². The van der Waals surface area contributed by atoms with Gasteiger partial charge in [-0.05, 0) is 44.9 Å². The van der Waals surface area contributed by atoms with Crippen molar-refractivity contribution < 1.29 is 14.6 Å². The highest BCUT2D eigenvalue weighted by molar-refractivity contribution is 5.90. The Kier molecular flexibility index (Phi) is 4.30. The van der Waals surface area contributed by atoms with Crippen molar-refractivity contribution in [1.29, 1.82) is 0 Å². The molecule has 6 heteroatoms. The molecule has 1 unspecified atom stereocenters. The first kappa shape index (κ1) is 15.8. The molecular weight excluding hydrogens is 282 g/mol. The minimum absolute atomic E-state index is 0.0343. The Morgan fingerprint density at radius 2 is 1.95 bits per heavy atom. The molecule has 0 spiro atoms. The summed E-state index contributed by atoms with van der Waals surface area (Å²) in [5, 5.41) is 9.37. The molecule has 116 valence electrons. The van der Waals surface area contributed by atoms with Crippen molar-refractivity contribution in [2.75, 3.05) is 5.73 Å². The van der Waals surface area contributed by atoms with E-state index in [2.05, 4.69) is 9.97 Å². The fourth-order valence-electron chi connectivity index (χ4n) is 2.26. The van der Waals surface area contributed by atoms with Crippen molar-refractivity contribution in [3.8, 4) is 5.75 Å². The number of rotatable bonds is 4. The molecular formula is C16H19N3O3. The zero-order chi connectivity index (χ0) is 16.4. The fourth-order valence-corrected chi connectivity index (χ4v) is 2.26. The number of hydrogen-bond acceptors (Lipinski definition) is 5. The van der Waals surface area contributed by atoms with Gasteiger partial charge in [0.25, 0.3) is 0 Å². The number of aromatic nitrogens is 2. The van der Waals surface area contributed by atoms with Crippen molar-refractivity contribution in [2.45, 2.75) is 33.8 Å². The SMILES string of the molecule is Cc1ccc(C)c(OC(C)c2nc(N)nc(C)c2C(=O)O)c1. The van der Waals surface area contributed by atoms with Gasteiger partial charge in [-0.3, -0.25) is 0 Å². The maximum atomic E-state index is 11.5. The number of nitrogen functional groups attached to an aromatic ring is 1. The average Bonchev–Trinajstić information content (AvgIpc) is 2.41. The van der Waals surface area contributed by atoms with Gasteiger partial charge in [-0.1, -0.05) is 12.1 Å². The van der Waals surface area contributed by atoms with Crippen LogP contribution < -0.4 is 10.5 Å². The van der Waals surface area contributed by atoms with E-state index in [4.69, 9.17) is 10.5 Å². The molecule has 1 heterocycles. The summed E-state index contributed by atoms with van der Waals surface area (Å²) in [6, 6.07) is 5.85. The van der Waals surface area contributed by atoms with Crippen LogP contribution in [0.5, 0.6) is 5.75 Å². The lowest BCUT2D eigenvalue weighted by Gasteiger charge is -2.19. The number of carboxylic acid groups (broad SMARTS) is 1. The lowest BCUT2D eigenvalue weighted by molar-refractivity contribution is 0.0689. The van der Waals surface area contributed by atoms with Crippen LogP contribution in [0.4, 0.5) is 5.95 Å². The average molecular weight is 301 g/mol. The smallest absolute Gasteiger partial charge is 0.339 e. The largest absolute Gasteiger partial charge is 0.484 e. The van der Waals surface area contributed by atoms with Crippen LogP contribution in [-0.4, -0.2) is 21.0 Å². The van der Waals surface area contributed by atoms with Crippen LogP contribution in [0.25, 0.3) is 0 Å². The van der Waals surface area contributed by atoms with E-state index in [9.17, 15) is 9.90 Å². The lowest BCUT2D eigenvalue weighted by atomic mass is 10.1. The molecule has 1 aromatic heterocycles. The number of carbonyl (C=O) groups is 1. The Bertz CT molecular complexity index is 729. The predicted molar refractivity (Wildman–Crippen MR) is 83.1 cm³/mol. The summed E-state index contributed by atoms with van der Waals surface area (Å²) in [5.74, 6) is -0.364. The molecule has 2 aromatic rings. The van der Waals surface area contributed by atoms with Gasteiger partial charge >= 0.3 is 5.97 Å². The molecule has 0 saturated heterocycles. The van der Waals surface area contributed by atoms with Crippen LogP contribution >= 0.6 is 0 Å². The van der Waals surface area contributed by atoms with Crippen molar-refractivity contribution >= 4 is 11.9 Å². The monoisotopic (exact) mass is 301 g/mol. The number of nitrogens with two attached hydrogens (primary N) is 1. The standard InChI is InChI=1S/C16H19N3O3/c1-8-5-6-9(2)12(7-8)22-11(4)14-13(15(20)21)10(3)18-16(17)19-14/h5-7,11H,1-4H3,(H,20,21)(H2,17,18,19). The van der Waals surface area contributed by atoms with Crippen molar-refractivity contribution in [1.82, 2.24) is 9.97 Å². The Morgan fingerprint density at radius 3 is 2.59 bits per heavy atom. The van der Waals surface area contributed by atoms with Gasteiger partial charge in [0, 0.05) is 0 Å². The van der Waals surface area contributed by atoms with Crippen LogP contribution in [0.2, 0.25) is 0 Å². The Hall–Kier alpha value is -2.63. The summed E-state index contributed by atoms with van der Waals surface area (Å²) in [6.45, 7) is 7.23. The van der Waals surface area contributed by atoms with E-state index in [-0.39, 0.29) is 17.2 Å². The minimum atomic E-state index is -1.09. The van der Waals surface area contributed by atoms with E-state index in [1.807, 2.05) is 32.0 Å². The number of aromatic carboxylic acids is 1. The van der Waals surface area contributed by atoms with E-state index in [1.54, 1.807) is 13.8 Å². The van der Waals surface area contributed by atoms with Crippen molar-refractivity contribution in [2.24, 2.45) is 0 Å². The van der Waals surface area contributed by atoms with Gasteiger partial charge < -0.3 is 15.6 Å². The third-order valence-corrected chi connectivity index (χ3v) is 3.38. The Morgan fingerprint density at radius 1 is 1.27 bits per heavy atom. The highest BCUT2D eigenvalue weighted by atomic mass is 16.5.